The SMILES string of the molecule is CC1c2ccccc2C(=O)C(C(=O)OC(C)(C)C)N1C. The van der Waals surface area contributed by atoms with Crippen LogP contribution in [0.5, 0.6) is 0 Å². The first-order valence-electron chi connectivity index (χ1n) is 6.80. The van der Waals surface area contributed by atoms with Crippen LogP contribution in [0.25, 0.3) is 0 Å². The van der Waals surface area contributed by atoms with E-state index in [1.807, 2.05) is 25.1 Å². The van der Waals surface area contributed by atoms with E-state index in [0.29, 0.717) is 5.56 Å². The van der Waals surface area contributed by atoms with Crippen LogP contribution in [0.4, 0.5) is 0 Å². The molecule has 108 valence electrons. The third-order valence-electron chi connectivity index (χ3n) is 3.57. The number of likely N-dealkylation sites (N-methyl/N-ethyl adjacent to an activating group) is 1. The lowest BCUT2D eigenvalue weighted by atomic mass is 9.88. The van der Waals surface area contributed by atoms with Crippen molar-refractivity contribution < 1.29 is 14.3 Å². The Labute approximate surface area is 119 Å². The number of hydrogen-bond acceptors (Lipinski definition) is 4. The van der Waals surface area contributed by atoms with E-state index in [9.17, 15) is 9.59 Å². The summed E-state index contributed by atoms with van der Waals surface area (Å²) in [5.74, 6) is -0.665. The number of ether oxygens (including phenoxy) is 1. The normalized spacial score (nSPS) is 23.4. The highest BCUT2D eigenvalue weighted by Gasteiger charge is 2.42. The highest BCUT2D eigenvalue weighted by Crippen LogP contribution is 2.32. The summed E-state index contributed by atoms with van der Waals surface area (Å²) in [6, 6.07) is 6.57. The molecule has 20 heavy (non-hydrogen) atoms. The molecule has 4 heteroatoms. The molecule has 0 aromatic heterocycles. The van der Waals surface area contributed by atoms with Crippen LogP contribution in [0.2, 0.25) is 0 Å². The zero-order valence-electron chi connectivity index (χ0n) is 12.6. The van der Waals surface area contributed by atoms with E-state index in [1.165, 1.54) is 0 Å². The largest absolute Gasteiger partial charge is 0.458 e. The molecule has 0 bridgehead atoms. The van der Waals surface area contributed by atoms with Gasteiger partial charge in [0.05, 0.1) is 0 Å². The third kappa shape index (κ3) is 2.61. The predicted molar refractivity (Wildman–Crippen MR) is 76.6 cm³/mol. The topological polar surface area (TPSA) is 46.6 Å². The fraction of sp³-hybridized carbons (Fsp3) is 0.500. The maximum Gasteiger partial charge on any atom is 0.332 e. The second kappa shape index (κ2) is 5.02. The number of fused-ring (bicyclic) bond motifs is 1. The van der Waals surface area contributed by atoms with Crippen LogP contribution >= 0.6 is 0 Å². The van der Waals surface area contributed by atoms with Crippen molar-refractivity contribution in [1.82, 2.24) is 4.90 Å². The second-order valence-electron chi connectivity index (χ2n) is 6.23. The standard InChI is InChI=1S/C16H21NO3/c1-10-11-8-6-7-9-12(11)14(18)13(17(10)5)15(19)20-16(2,3)4/h6-10,13H,1-5H3. The van der Waals surface area contributed by atoms with E-state index in [2.05, 4.69) is 0 Å². The van der Waals surface area contributed by atoms with Gasteiger partial charge < -0.3 is 4.74 Å². The van der Waals surface area contributed by atoms with Crippen molar-refractivity contribution in [3.05, 3.63) is 35.4 Å². The van der Waals surface area contributed by atoms with Gasteiger partial charge in [0.1, 0.15) is 5.60 Å². The van der Waals surface area contributed by atoms with Crippen LogP contribution in [0.1, 0.15) is 49.7 Å². The van der Waals surface area contributed by atoms with Crippen molar-refractivity contribution in [1.29, 1.82) is 0 Å². The summed E-state index contributed by atoms with van der Waals surface area (Å²) in [7, 11) is 1.78. The minimum absolute atomic E-state index is 0.00131. The molecule has 0 fully saturated rings. The summed E-state index contributed by atoms with van der Waals surface area (Å²) in [5.41, 5.74) is 0.979. The predicted octanol–water partition coefficient (Wildman–Crippen LogP) is 2.59. The number of carbonyl (C=O) groups excluding carboxylic acids is 2. The first-order valence-corrected chi connectivity index (χ1v) is 6.80. The maximum absolute atomic E-state index is 12.6. The maximum atomic E-state index is 12.6. The lowest BCUT2D eigenvalue weighted by Gasteiger charge is -2.37. The Morgan fingerprint density at radius 2 is 1.85 bits per heavy atom. The lowest BCUT2D eigenvalue weighted by Crippen LogP contribution is -2.51. The highest BCUT2D eigenvalue weighted by molar-refractivity contribution is 6.13. The molecular weight excluding hydrogens is 254 g/mol. The van der Waals surface area contributed by atoms with E-state index < -0.39 is 17.6 Å². The fourth-order valence-electron chi connectivity index (χ4n) is 2.49. The number of esters is 1. The van der Waals surface area contributed by atoms with E-state index in [-0.39, 0.29) is 11.8 Å². The summed E-state index contributed by atoms with van der Waals surface area (Å²) < 4.78 is 5.38. The number of ketones is 1. The van der Waals surface area contributed by atoms with Crippen molar-refractivity contribution in [2.75, 3.05) is 7.05 Å². The Hall–Kier alpha value is -1.68. The number of nitrogens with zero attached hydrogens (tertiary/aromatic N) is 1. The Morgan fingerprint density at radius 3 is 2.45 bits per heavy atom. The summed E-state index contributed by atoms with van der Waals surface area (Å²) in [6.07, 6.45) is 0. The summed E-state index contributed by atoms with van der Waals surface area (Å²) in [6.45, 7) is 7.39. The van der Waals surface area contributed by atoms with Gasteiger partial charge >= 0.3 is 5.97 Å². The molecule has 1 aliphatic heterocycles. The quantitative estimate of drug-likeness (QED) is 0.584. The van der Waals surface area contributed by atoms with Gasteiger partial charge in [-0.1, -0.05) is 24.3 Å². The van der Waals surface area contributed by atoms with E-state index in [1.54, 1.807) is 38.8 Å². The van der Waals surface area contributed by atoms with E-state index in [0.717, 1.165) is 5.56 Å². The molecule has 1 aromatic carbocycles. The Balaban J connectivity index is 2.37. The molecule has 0 amide bonds. The molecule has 1 heterocycles. The van der Waals surface area contributed by atoms with Crippen molar-refractivity contribution in [2.45, 2.75) is 45.4 Å². The zero-order valence-corrected chi connectivity index (χ0v) is 12.6. The van der Waals surface area contributed by atoms with E-state index >= 15 is 0 Å². The van der Waals surface area contributed by atoms with Gasteiger partial charge in [-0.05, 0) is 40.3 Å². The number of rotatable bonds is 1. The van der Waals surface area contributed by atoms with Crippen LogP contribution in [0.15, 0.2) is 24.3 Å². The fourth-order valence-corrected chi connectivity index (χ4v) is 2.49. The molecule has 1 aliphatic rings. The molecule has 2 rings (SSSR count). The number of Topliss-reactive ketones (excluding diaryl/α,β-unsaturated/α-hetero) is 1. The van der Waals surface area contributed by atoms with Crippen LogP contribution in [0.3, 0.4) is 0 Å². The monoisotopic (exact) mass is 275 g/mol. The van der Waals surface area contributed by atoms with Gasteiger partial charge in [-0.15, -0.1) is 0 Å². The molecule has 0 spiro atoms. The molecule has 0 aliphatic carbocycles. The first kappa shape index (κ1) is 14.7. The van der Waals surface area contributed by atoms with Gasteiger partial charge in [0, 0.05) is 11.6 Å². The number of carbonyl (C=O) groups is 2. The molecule has 0 N–H and O–H groups in total. The van der Waals surface area contributed by atoms with Crippen LogP contribution in [-0.2, 0) is 9.53 Å². The second-order valence-corrected chi connectivity index (χ2v) is 6.23. The third-order valence-corrected chi connectivity index (χ3v) is 3.57. The van der Waals surface area contributed by atoms with Crippen LogP contribution < -0.4 is 0 Å². The van der Waals surface area contributed by atoms with Gasteiger partial charge in [0.25, 0.3) is 0 Å². The summed E-state index contributed by atoms with van der Waals surface area (Å²) in [5, 5.41) is 0. The molecular formula is C16H21NO3. The molecule has 0 saturated carbocycles. The van der Waals surface area contributed by atoms with Gasteiger partial charge in [-0.2, -0.15) is 0 Å². The molecule has 2 atom stereocenters. The smallest absolute Gasteiger partial charge is 0.332 e. The summed E-state index contributed by atoms with van der Waals surface area (Å²) >= 11 is 0. The minimum atomic E-state index is -0.862. The van der Waals surface area contributed by atoms with Crippen LogP contribution in [0, 0.1) is 0 Å². The Kier molecular flexibility index (Phi) is 3.69. The van der Waals surface area contributed by atoms with Gasteiger partial charge in [0.2, 0.25) is 0 Å². The minimum Gasteiger partial charge on any atom is -0.458 e. The average Bonchev–Trinajstić information content (AvgIpc) is 2.34. The van der Waals surface area contributed by atoms with Crippen molar-refractivity contribution in [3.63, 3.8) is 0 Å². The molecule has 4 nitrogen and oxygen atoms in total. The van der Waals surface area contributed by atoms with Crippen molar-refractivity contribution in [3.8, 4) is 0 Å². The average molecular weight is 275 g/mol. The van der Waals surface area contributed by atoms with Crippen LogP contribution in [-0.4, -0.2) is 35.3 Å². The van der Waals surface area contributed by atoms with Gasteiger partial charge in [-0.3, -0.25) is 9.69 Å². The molecule has 1 aromatic rings. The Bertz CT molecular complexity index is 545. The zero-order chi connectivity index (χ0) is 15.1. The van der Waals surface area contributed by atoms with Gasteiger partial charge in [-0.25, -0.2) is 4.79 Å². The highest BCUT2D eigenvalue weighted by atomic mass is 16.6. The molecule has 0 radical (unpaired) electrons. The molecule has 0 saturated heterocycles. The van der Waals surface area contributed by atoms with E-state index in [4.69, 9.17) is 4.74 Å². The van der Waals surface area contributed by atoms with Crippen molar-refractivity contribution in [2.24, 2.45) is 0 Å². The number of hydrogen-bond donors (Lipinski definition) is 0. The number of benzene rings is 1. The first-order chi connectivity index (χ1) is 9.22. The summed E-state index contributed by atoms with van der Waals surface area (Å²) in [4.78, 5) is 26.6. The molecule has 2 unspecified atom stereocenters. The van der Waals surface area contributed by atoms with Crippen molar-refractivity contribution >= 4 is 11.8 Å². The lowest BCUT2D eigenvalue weighted by molar-refractivity contribution is -0.159. The van der Waals surface area contributed by atoms with Gasteiger partial charge in [0.15, 0.2) is 11.8 Å². The Morgan fingerprint density at radius 1 is 1.25 bits per heavy atom.